The van der Waals surface area contributed by atoms with Gasteiger partial charge in [-0.05, 0) is 30.7 Å². The van der Waals surface area contributed by atoms with E-state index in [9.17, 15) is 4.79 Å². The molecule has 98 valence electrons. The Hall–Kier alpha value is -1.75. The van der Waals surface area contributed by atoms with Gasteiger partial charge in [0.25, 0.3) is 0 Å². The number of ether oxygens (including phenoxy) is 2. The van der Waals surface area contributed by atoms with Crippen molar-refractivity contribution in [1.29, 1.82) is 0 Å². The highest BCUT2D eigenvalue weighted by molar-refractivity contribution is 5.69. The molecule has 1 aliphatic heterocycles. The Balaban J connectivity index is 1.75. The van der Waals surface area contributed by atoms with Crippen LogP contribution in [0, 0.1) is 5.92 Å². The molecular weight excluding hydrogens is 234 g/mol. The molecular formula is C13H17NO4. The fourth-order valence-corrected chi connectivity index (χ4v) is 1.74. The Labute approximate surface area is 106 Å². The molecule has 0 aromatic heterocycles. The second kappa shape index (κ2) is 5.73. The van der Waals surface area contributed by atoms with Crippen LogP contribution in [-0.4, -0.2) is 31.0 Å². The van der Waals surface area contributed by atoms with Crippen molar-refractivity contribution in [3.8, 4) is 11.5 Å². The number of carbonyl (C=O) groups is 1. The van der Waals surface area contributed by atoms with Gasteiger partial charge in [-0.25, -0.2) is 0 Å². The lowest BCUT2D eigenvalue weighted by Gasteiger charge is -2.08. The molecule has 1 aromatic carbocycles. The van der Waals surface area contributed by atoms with E-state index in [1.165, 1.54) is 0 Å². The zero-order valence-corrected chi connectivity index (χ0v) is 10.3. The van der Waals surface area contributed by atoms with Gasteiger partial charge in [-0.15, -0.1) is 0 Å². The van der Waals surface area contributed by atoms with E-state index in [0.29, 0.717) is 6.54 Å². The molecule has 2 rings (SSSR count). The third-order valence-corrected chi connectivity index (χ3v) is 2.90. The minimum atomic E-state index is -0.773. The number of aliphatic carboxylic acids is 1. The van der Waals surface area contributed by atoms with E-state index in [-0.39, 0.29) is 12.7 Å². The zero-order valence-electron chi connectivity index (χ0n) is 10.3. The molecule has 0 saturated carbocycles. The molecule has 1 aliphatic rings. The van der Waals surface area contributed by atoms with E-state index in [0.717, 1.165) is 30.0 Å². The average molecular weight is 251 g/mol. The number of nitrogens with one attached hydrogen (secondary N) is 1. The maximum Gasteiger partial charge on any atom is 0.307 e. The smallest absolute Gasteiger partial charge is 0.307 e. The van der Waals surface area contributed by atoms with Crippen molar-refractivity contribution < 1.29 is 19.4 Å². The van der Waals surface area contributed by atoms with E-state index in [1.54, 1.807) is 6.92 Å². The van der Waals surface area contributed by atoms with Gasteiger partial charge in [0.1, 0.15) is 0 Å². The summed E-state index contributed by atoms with van der Waals surface area (Å²) in [7, 11) is 0. The van der Waals surface area contributed by atoms with Gasteiger partial charge in [-0.3, -0.25) is 4.79 Å². The van der Waals surface area contributed by atoms with Crippen molar-refractivity contribution in [1.82, 2.24) is 5.32 Å². The quantitative estimate of drug-likeness (QED) is 0.745. The number of carboxylic acid groups (broad SMARTS) is 1. The number of benzene rings is 1. The third kappa shape index (κ3) is 3.13. The van der Waals surface area contributed by atoms with Crippen LogP contribution in [0.3, 0.4) is 0 Å². The van der Waals surface area contributed by atoms with Crippen molar-refractivity contribution in [3.63, 3.8) is 0 Å². The lowest BCUT2D eigenvalue weighted by Crippen LogP contribution is -2.27. The van der Waals surface area contributed by atoms with Gasteiger partial charge in [-0.2, -0.15) is 0 Å². The van der Waals surface area contributed by atoms with Crippen molar-refractivity contribution in [2.75, 3.05) is 19.9 Å². The average Bonchev–Trinajstić information content (AvgIpc) is 2.81. The van der Waals surface area contributed by atoms with Crippen LogP contribution in [0.2, 0.25) is 0 Å². The topological polar surface area (TPSA) is 67.8 Å². The molecule has 2 N–H and O–H groups in total. The lowest BCUT2D eigenvalue weighted by atomic mass is 10.1. The van der Waals surface area contributed by atoms with Crippen molar-refractivity contribution in [2.45, 2.75) is 13.3 Å². The molecule has 0 spiro atoms. The van der Waals surface area contributed by atoms with Crippen LogP contribution in [0.4, 0.5) is 0 Å². The van der Waals surface area contributed by atoms with Crippen LogP contribution >= 0.6 is 0 Å². The van der Waals surface area contributed by atoms with Crippen LogP contribution in [0.5, 0.6) is 11.5 Å². The molecule has 1 atom stereocenters. The first-order valence-corrected chi connectivity index (χ1v) is 5.99. The van der Waals surface area contributed by atoms with Gasteiger partial charge in [0.05, 0.1) is 5.92 Å². The summed E-state index contributed by atoms with van der Waals surface area (Å²) >= 11 is 0. The number of fused-ring (bicyclic) bond motifs is 1. The van der Waals surface area contributed by atoms with Gasteiger partial charge in [0.2, 0.25) is 6.79 Å². The fraction of sp³-hybridized carbons (Fsp3) is 0.462. The van der Waals surface area contributed by atoms with Crippen molar-refractivity contribution in [3.05, 3.63) is 23.8 Å². The maximum atomic E-state index is 10.6. The lowest BCUT2D eigenvalue weighted by molar-refractivity contribution is -0.140. The summed E-state index contributed by atoms with van der Waals surface area (Å²) in [4.78, 5) is 10.6. The fourth-order valence-electron chi connectivity index (χ4n) is 1.74. The van der Waals surface area contributed by atoms with Crippen molar-refractivity contribution in [2.24, 2.45) is 5.92 Å². The molecule has 0 radical (unpaired) electrons. The summed E-state index contributed by atoms with van der Waals surface area (Å²) in [6.45, 7) is 3.21. The SMILES string of the molecule is CC(CNCCc1ccc2c(c1)OCO2)C(=O)O. The van der Waals surface area contributed by atoms with Crippen LogP contribution in [-0.2, 0) is 11.2 Å². The summed E-state index contributed by atoms with van der Waals surface area (Å²) in [5, 5.41) is 11.9. The molecule has 18 heavy (non-hydrogen) atoms. The first kappa shape index (κ1) is 12.7. The standard InChI is InChI=1S/C13H17NO4/c1-9(13(15)16)7-14-5-4-10-2-3-11-12(6-10)18-8-17-11/h2-3,6,9,14H,4-5,7-8H2,1H3,(H,15,16). The van der Waals surface area contributed by atoms with E-state index in [4.69, 9.17) is 14.6 Å². The Morgan fingerprint density at radius 3 is 3.00 bits per heavy atom. The summed E-state index contributed by atoms with van der Waals surface area (Å²) in [6.07, 6.45) is 0.836. The first-order chi connectivity index (χ1) is 8.66. The molecule has 1 aromatic rings. The molecule has 0 bridgehead atoms. The second-order valence-corrected chi connectivity index (χ2v) is 4.38. The molecule has 1 heterocycles. The van der Waals surface area contributed by atoms with Gasteiger partial charge >= 0.3 is 5.97 Å². The highest BCUT2D eigenvalue weighted by atomic mass is 16.7. The summed E-state index contributed by atoms with van der Waals surface area (Å²) in [5.41, 5.74) is 1.15. The predicted octanol–water partition coefficient (Wildman–Crippen LogP) is 1.27. The summed E-state index contributed by atoms with van der Waals surface area (Å²) in [6, 6.07) is 5.86. The summed E-state index contributed by atoms with van der Waals surface area (Å²) in [5.74, 6) is 0.435. The largest absolute Gasteiger partial charge is 0.481 e. The minimum absolute atomic E-state index is 0.285. The Bertz CT molecular complexity index is 433. The van der Waals surface area contributed by atoms with Crippen LogP contribution < -0.4 is 14.8 Å². The highest BCUT2D eigenvalue weighted by Crippen LogP contribution is 2.32. The Morgan fingerprint density at radius 1 is 1.44 bits per heavy atom. The number of hydrogen-bond donors (Lipinski definition) is 2. The predicted molar refractivity (Wildman–Crippen MR) is 65.9 cm³/mol. The van der Waals surface area contributed by atoms with Crippen LogP contribution in [0.25, 0.3) is 0 Å². The molecule has 0 saturated heterocycles. The minimum Gasteiger partial charge on any atom is -0.481 e. The molecule has 1 unspecified atom stereocenters. The Kier molecular flexibility index (Phi) is 4.04. The van der Waals surface area contributed by atoms with E-state index >= 15 is 0 Å². The van der Waals surface area contributed by atoms with E-state index in [1.807, 2.05) is 18.2 Å². The molecule has 0 aliphatic carbocycles. The van der Waals surface area contributed by atoms with Crippen molar-refractivity contribution >= 4 is 5.97 Å². The normalized spacial score (nSPS) is 14.5. The Morgan fingerprint density at radius 2 is 2.22 bits per heavy atom. The number of rotatable bonds is 6. The van der Waals surface area contributed by atoms with Crippen LogP contribution in [0.1, 0.15) is 12.5 Å². The van der Waals surface area contributed by atoms with E-state index < -0.39 is 5.97 Å². The number of carboxylic acids is 1. The van der Waals surface area contributed by atoms with Gasteiger partial charge in [-0.1, -0.05) is 13.0 Å². The summed E-state index contributed by atoms with van der Waals surface area (Å²) < 4.78 is 10.5. The highest BCUT2D eigenvalue weighted by Gasteiger charge is 2.13. The third-order valence-electron chi connectivity index (χ3n) is 2.90. The van der Waals surface area contributed by atoms with Gasteiger partial charge in [0.15, 0.2) is 11.5 Å². The van der Waals surface area contributed by atoms with Crippen LogP contribution in [0.15, 0.2) is 18.2 Å². The van der Waals surface area contributed by atoms with Gasteiger partial charge in [0, 0.05) is 6.54 Å². The molecule has 5 nitrogen and oxygen atoms in total. The zero-order chi connectivity index (χ0) is 13.0. The first-order valence-electron chi connectivity index (χ1n) is 5.99. The molecule has 0 fully saturated rings. The number of hydrogen-bond acceptors (Lipinski definition) is 4. The second-order valence-electron chi connectivity index (χ2n) is 4.38. The van der Waals surface area contributed by atoms with Gasteiger partial charge < -0.3 is 19.9 Å². The molecule has 5 heteroatoms. The van der Waals surface area contributed by atoms with E-state index in [2.05, 4.69) is 5.32 Å². The monoisotopic (exact) mass is 251 g/mol. The molecule has 0 amide bonds. The maximum absolute atomic E-state index is 10.6.